The first-order valence-corrected chi connectivity index (χ1v) is 7.68. The molecule has 1 aliphatic rings. The maximum atomic E-state index is 9.82. The average Bonchev–Trinajstić information content (AvgIpc) is 2.38. The van der Waals surface area contributed by atoms with Crippen molar-refractivity contribution in [3.63, 3.8) is 0 Å². The molecule has 0 bridgehead atoms. The molecule has 120 valence electrons. The quantitative estimate of drug-likeness (QED) is 0.592. The lowest BCUT2D eigenvalue weighted by atomic mass is 9.82. The molecule has 1 heterocycles. The van der Waals surface area contributed by atoms with Crippen molar-refractivity contribution in [2.75, 3.05) is 46.1 Å². The molecule has 1 unspecified atom stereocenters. The molecule has 0 aromatic rings. The second kappa shape index (κ2) is 9.68. The number of rotatable bonds is 10. The lowest BCUT2D eigenvalue weighted by Gasteiger charge is -2.34. The van der Waals surface area contributed by atoms with Crippen LogP contribution in [0.25, 0.3) is 0 Å². The number of nitrogens with one attached hydrogen (secondary N) is 1. The van der Waals surface area contributed by atoms with Gasteiger partial charge in [0.1, 0.15) is 0 Å². The molecular weight excluding hydrogens is 258 g/mol. The van der Waals surface area contributed by atoms with Gasteiger partial charge in [-0.15, -0.1) is 0 Å². The van der Waals surface area contributed by atoms with Gasteiger partial charge in [0.05, 0.1) is 32.0 Å². The van der Waals surface area contributed by atoms with Gasteiger partial charge in [0.2, 0.25) is 0 Å². The average molecular weight is 289 g/mol. The zero-order valence-corrected chi connectivity index (χ0v) is 13.2. The third-order valence-corrected chi connectivity index (χ3v) is 3.62. The zero-order chi connectivity index (χ0) is 14.8. The second-order valence-corrected chi connectivity index (χ2v) is 6.20. The van der Waals surface area contributed by atoms with Gasteiger partial charge in [-0.2, -0.15) is 0 Å². The van der Waals surface area contributed by atoms with E-state index in [1.165, 1.54) is 0 Å². The van der Waals surface area contributed by atoms with Crippen molar-refractivity contribution in [2.24, 2.45) is 5.41 Å². The lowest BCUT2D eigenvalue weighted by Crippen LogP contribution is -2.40. The smallest absolute Gasteiger partial charge is 0.0897 e. The van der Waals surface area contributed by atoms with E-state index in [-0.39, 0.29) is 6.10 Å². The highest BCUT2D eigenvalue weighted by Gasteiger charge is 2.26. The molecule has 20 heavy (non-hydrogen) atoms. The van der Waals surface area contributed by atoms with Crippen LogP contribution in [0.2, 0.25) is 0 Å². The van der Waals surface area contributed by atoms with E-state index in [1.54, 1.807) is 0 Å². The number of aliphatic hydroxyl groups excluding tert-OH is 1. The molecule has 0 aromatic heterocycles. The summed E-state index contributed by atoms with van der Waals surface area (Å²) in [4.78, 5) is 0. The van der Waals surface area contributed by atoms with Gasteiger partial charge in [0, 0.05) is 26.3 Å². The summed E-state index contributed by atoms with van der Waals surface area (Å²) in [5.74, 6) is 0. The first-order chi connectivity index (χ1) is 9.52. The summed E-state index contributed by atoms with van der Waals surface area (Å²) in [5.41, 5.74) is 0.296. The Bertz CT molecular complexity index is 242. The highest BCUT2D eigenvalue weighted by atomic mass is 16.5. The number of ether oxygens (including phenoxy) is 3. The van der Waals surface area contributed by atoms with Gasteiger partial charge in [0.25, 0.3) is 0 Å². The van der Waals surface area contributed by atoms with Crippen molar-refractivity contribution in [1.82, 2.24) is 5.32 Å². The molecule has 0 aromatic carbocycles. The Morgan fingerprint density at radius 3 is 2.60 bits per heavy atom. The largest absolute Gasteiger partial charge is 0.389 e. The van der Waals surface area contributed by atoms with Gasteiger partial charge >= 0.3 is 0 Å². The Balaban J connectivity index is 1.98. The summed E-state index contributed by atoms with van der Waals surface area (Å²) >= 11 is 0. The van der Waals surface area contributed by atoms with Crippen LogP contribution in [-0.4, -0.2) is 63.4 Å². The second-order valence-electron chi connectivity index (χ2n) is 6.20. The Hall–Kier alpha value is -0.200. The minimum Gasteiger partial charge on any atom is -0.389 e. The highest BCUT2D eigenvalue weighted by molar-refractivity contribution is 4.79. The van der Waals surface area contributed by atoms with Crippen molar-refractivity contribution < 1.29 is 19.3 Å². The van der Waals surface area contributed by atoms with Gasteiger partial charge in [-0.25, -0.2) is 0 Å². The molecule has 0 spiro atoms. The molecule has 5 nitrogen and oxygen atoms in total. The molecule has 0 aliphatic carbocycles. The maximum absolute atomic E-state index is 9.82. The fourth-order valence-electron chi connectivity index (χ4n) is 2.20. The van der Waals surface area contributed by atoms with Crippen LogP contribution in [0.15, 0.2) is 0 Å². The summed E-state index contributed by atoms with van der Waals surface area (Å²) in [6.45, 7) is 10.9. The normalized spacial score (nSPS) is 20.2. The Morgan fingerprint density at radius 2 is 1.95 bits per heavy atom. The van der Waals surface area contributed by atoms with Crippen LogP contribution in [0, 0.1) is 5.41 Å². The first-order valence-electron chi connectivity index (χ1n) is 7.68. The van der Waals surface area contributed by atoms with Crippen LogP contribution in [0.3, 0.4) is 0 Å². The zero-order valence-electron chi connectivity index (χ0n) is 13.2. The summed E-state index contributed by atoms with van der Waals surface area (Å²) in [5, 5.41) is 13.2. The van der Waals surface area contributed by atoms with Crippen molar-refractivity contribution >= 4 is 0 Å². The number of hydrogen-bond acceptors (Lipinski definition) is 5. The maximum Gasteiger partial charge on any atom is 0.0897 e. The van der Waals surface area contributed by atoms with E-state index in [0.717, 1.165) is 32.6 Å². The molecule has 5 heteroatoms. The van der Waals surface area contributed by atoms with Gasteiger partial charge < -0.3 is 24.6 Å². The number of aliphatic hydroxyl groups is 1. The summed E-state index contributed by atoms with van der Waals surface area (Å²) in [7, 11) is 0. The Morgan fingerprint density at radius 1 is 1.25 bits per heavy atom. The predicted molar refractivity (Wildman–Crippen MR) is 78.9 cm³/mol. The van der Waals surface area contributed by atoms with Crippen LogP contribution in [0.5, 0.6) is 0 Å². The summed E-state index contributed by atoms with van der Waals surface area (Å²) < 4.78 is 16.1. The highest BCUT2D eigenvalue weighted by Crippen LogP contribution is 2.28. The molecular formula is C15H31NO4. The minimum absolute atomic E-state index is 0.227. The monoisotopic (exact) mass is 289 g/mol. The Labute approximate surface area is 123 Å². The van der Waals surface area contributed by atoms with Gasteiger partial charge in [0.15, 0.2) is 0 Å². The molecule has 0 radical (unpaired) electrons. The van der Waals surface area contributed by atoms with Crippen molar-refractivity contribution in [3.8, 4) is 0 Å². The SMILES string of the molecule is CC(C)OCCOCC(O)CNCC1(C)CCOCC1. The molecule has 1 rings (SSSR count). The molecule has 1 saturated heterocycles. The van der Waals surface area contributed by atoms with Crippen LogP contribution >= 0.6 is 0 Å². The van der Waals surface area contributed by atoms with Crippen molar-refractivity contribution in [1.29, 1.82) is 0 Å². The molecule has 0 amide bonds. The van der Waals surface area contributed by atoms with Gasteiger partial charge in [-0.3, -0.25) is 0 Å². The first kappa shape index (κ1) is 17.9. The van der Waals surface area contributed by atoms with E-state index in [1.807, 2.05) is 13.8 Å². The lowest BCUT2D eigenvalue weighted by molar-refractivity contribution is -0.0120. The van der Waals surface area contributed by atoms with Gasteiger partial charge in [-0.05, 0) is 32.1 Å². The summed E-state index contributed by atoms with van der Waals surface area (Å²) in [6.07, 6.45) is 1.93. The topological polar surface area (TPSA) is 60.0 Å². The van der Waals surface area contributed by atoms with Crippen molar-refractivity contribution in [3.05, 3.63) is 0 Å². The fourth-order valence-corrected chi connectivity index (χ4v) is 2.20. The van der Waals surface area contributed by atoms with Crippen LogP contribution in [0.4, 0.5) is 0 Å². The van der Waals surface area contributed by atoms with E-state index in [2.05, 4.69) is 12.2 Å². The third-order valence-electron chi connectivity index (χ3n) is 3.62. The molecule has 2 N–H and O–H groups in total. The van der Waals surface area contributed by atoms with E-state index in [4.69, 9.17) is 14.2 Å². The number of hydrogen-bond donors (Lipinski definition) is 2. The molecule has 1 atom stereocenters. The molecule has 1 fully saturated rings. The van der Waals surface area contributed by atoms with E-state index in [9.17, 15) is 5.11 Å². The van der Waals surface area contributed by atoms with Crippen LogP contribution in [0.1, 0.15) is 33.6 Å². The third kappa shape index (κ3) is 8.17. The predicted octanol–water partition coefficient (Wildman–Crippen LogP) is 1.20. The van der Waals surface area contributed by atoms with Crippen LogP contribution in [-0.2, 0) is 14.2 Å². The van der Waals surface area contributed by atoms with E-state index >= 15 is 0 Å². The molecule has 0 saturated carbocycles. The van der Waals surface area contributed by atoms with E-state index in [0.29, 0.717) is 31.8 Å². The standard InChI is InChI=1S/C15H31NO4/c1-13(2)20-9-8-19-11-14(17)10-16-12-15(3)4-6-18-7-5-15/h13-14,16-17H,4-12H2,1-3H3. The fraction of sp³-hybridized carbons (Fsp3) is 1.00. The van der Waals surface area contributed by atoms with Gasteiger partial charge in [-0.1, -0.05) is 6.92 Å². The van der Waals surface area contributed by atoms with Crippen molar-refractivity contribution in [2.45, 2.75) is 45.8 Å². The summed E-state index contributed by atoms with van der Waals surface area (Å²) in [6, 6.07) is 0. The molecule has 1 aliphatic heterocycles. The Kier molecular flexibility index (Phi) is 8.64. The van der Waals surface area contributed by atoms with E-state index < -0.39 is 6.10 Å². The van der Waals surface area contributed by atoms with Crippen LogP contribution < -0.4 is 5.32 Å². The minimum atomic E-state index is -0.461.